The molecule has 0 aliphatic rings. The highest BCUT2D eigenvalue weighted by molar-refractivity contribution is 6.40. The molecule has 4 radical (unpaired) electrons. The fourth-order valence-electron chi connectivity index (χ4n) is 2.37. The molecule has 0 fully saturated rings. The van der Waals surface area contributed by atoms with E-state index in [0.29, 0.717) is 5.92 Å². The van der Waals surface area contributed by atoms with Gasteiger partial charge in [-0.15, -0.1) is 0 Å². The van der Waals surface area contributed by atoms with Crippen molar-refractivity contribution in [1.82, 2.24) is 0 Å². The molecule has 0 aromatic rings. The molecule has 0 saturated carbocycles. The number of hydrogen-bond donors (Lipinski definition) is 0. The van der Waals surface area contributed by atoms with E-state index in [0.717, 1.165) is 19.3 Å². The van der Waals surface area contributed by atoms with E-state index in [1.165, 1.54) is 12.8 Å². The molecular formula is C13H26B2. The largest absolute Gasteiger partial charge is 0.0916 e. The topological polar surface area (TPSA) is 0 Å². The second-order valence-corrected chi connectivity index (χ2v) is 5.50. The minimum atomic E-state index is -0.543. The van der Waals surface area contributed by atoms with Gasteiger partial charge in [0.05, 0.1) is 15.7 Å². The normalized spacial score (nSPS) is 16.7. The van der Waals surface area contributed by atoms with Crippen molar-refractivity contribution in [3.05, 3.63) is 0 Å². The lowest BCUT2D eigenvalue weighted by Gasteiger charge is -2.49. The highest BCUT2D eigenvalue weighted by Gasteiger charge is 2.40. The maximum absolute atomic E-state index is 6.34. The van der Waals surface area contributed by atoms with E-state index >= 15 is 0 Å². The smallest absolute Gasteiger partial charge is 0.0631 e. The maximum atomic E-state index is 6.34. The van der Waals surface area contributed by atoms with Gasteiger partial charge in [-0.05, 0) is 18.3 Å². The van der Waals surface area contributed by atoms with E-state index in [-0.39, 0.29) is 5.41 Å². The van der Waals surface area contributed by atoms with Gasteiger partial charge in [0, 0.05) is 0 Å². The lowest BCUT2D eigenvalue weighted by molar-refractivity contribution is 0.182. The summed E-state index contributed by atoms with van der Waals surface area (Å²) in [6.07, 6.45) is 5.86. The molecular weight excluding hydrogens is 178 g/mol. The highest BCUT2D eigenvalue weighted by Crippen LogP contribution is 2.52. The number of unbranched alkanes of at least 4 members (excludes halogenated alkanes) is 1. The van der Waals surface area contributed by atoms with Crippen LogP contribution in [0.5, 0.6) is 0 Å². The maximum Gasteiger partial charge on any atom is 0.0631 e. The summed E-state index contributed by atoms with van der Waals surface area (Å²) in [5.74, 6) is 0.325. The summed E-state index contributed by atoms with van der Waals surface area (Å²) in [5, 5.41) is -0.543. The zero-order chi connectivity index (χ0) is 12.1. The van der Waals surface area contributed by atoms with Crippen LogP contribution in [0, 0.1) is 11.3 Å². The number of rotatable bonds is 7. The first-order valence-corrected chi connectivity index (χ1v) is 6.39. The van der Waals surface area contributed by atoms with E-state index in [2.05, 4.69) is 34.6 Å². The first-order valence-electron chi connectivity index (χ1n) is 6.39. The van der Waals surface area contributed by atoms with E-state index in [9.17, 15) is 0 Å². The minimum absolute atomic E-state index is 0.0753. The molecule has 0 rings (SSSR count). The Hall–Kier alpha value is 0.130. The van der Waals surface area contributed by atoms with E-state index in [1.54, 1.807) is 0 Å². The molecule has 84 valence electrons. The first-order chi connectivity index (χ1) is 6.81. The van der Waals surface area contributed by atoms with Crippen molar-refractivity contribution in [3.8, 4) is 0 Å². The van der Waals surface area contributed by atoms with E-state index in [1.807, 2.05) is 0 Å². The molecule has 0 N–H and O–H groups in total. The molecule has 2 heteroatoms. The van der Waals surface area contributed by atoms with Crippen molar-refractivity contribution >= 4 is 15.7 Å². The molecule has 0 bridgehead atoms. The summed E-state index contributed by atoms with van der Waals surface area (Å²) >= 11 is 0. The second kappa shape index (κ2) is 6.01. The van der Waals surface area contributed by atoms with Gasteiger partial charge in [0.15, 0.2) is 0 Å². The molecule has 1 unspecified atom stereocenters. The second-order valence-electron chi connectivity index (χ2n) is 5.50. The molecule has 0 amide bonds. The van der Waals surface area contributed by atoms with Crippen LogP contribution in [0.3, 0.4) is 0 Å². The Balaban J connectivity index is 4.74. The predicted molar refractivity (Wildman–Crippen MR) is 71.6 cm³/mol. The Morgan fingerprint density at radius 2 is 1.53 bits per heavy atom. The van der Waals surface area contributed by atoms with Crippen LogP contribution in [0.1, 0.15) is 66.7 Å². The zero-order valence-corrected chi connectivity index (χ0v) is 11.3. The van der Waals surface area contributed by atoms with Gasteiger partial charge in [-0.25, -0.2) is 0 Å². The zero-order valence-electron chi connectivity index (χ0n) is 11.3. The average molecular weight is 204 g/mol. The van der Waals surface area contributed by atoms with Gasteiger partial charge in [0.1, 0.15) is 0 Å². The lowest BCUT2D eigenvalue weighted by Crippen LogP contribution is -2.39. The minimum Gasteiger partial charge on any atom is -0.0916 e. The van der Waals surface area contributed by atoms with Gasteiger partial charge >= 0.3 is 0 Å². The monoisotopic (exact) mass is 204 g/mol. The van der Waals surface area contributed by atoms with Gasteiger partial charge in [-0.1, -0.05) is 65.0 Å². The Morgan fingerprint density at radius 1 is 1.00 bits per heavy atom. The van der Waals surface area contributed by atoms with Crippen LogP contribution in [-0.4, -0.2) is 15.7 Å². The van der Waals surface area contributed by atoms with Crippen LogP contribution in [-0.2, 0) is 0 Å². The Morgan fingerprint density at radius 3 is 1.87 bits per heavy atom. The van der Waals surface area contributed by atoms with Crippen molar-refractivity contribution < 1.29 is 0 Å². The van der Waals surface area contributed by atoms with Gasteiger partial charge < -0.3 is 0 Å². The molecule has 0 aliphatic heterocycles. The molecule has 0 heterocycles. The van der Waals surface area contributed by atoms with Gasteiger partial charge in [0.25, 0.3) is 0 Å². The van der Waals surface area contributed by atoms with Crippen LogP contribution in [0.15, 0.2) is 0 Å². The summed E-state index contributed by atoms with van der Waals surface area (Å²) in [6, 6.07) is 0. The summed E-state index contributed by atoms with van der Waals surface area (Å²) in [5.41, 5.74) is 0.0753. The standard InChI is InChI=1S/C13H26B2/c1-6-8-10-12(5,9-7-2)13(14,15)11(3)4/h11H,6-10H2,1-5H3. The van der Waals surface area contributed by atoms with Crippen molar-refractivity contribution in [3.63, 3.8) is 0 Å². The molecule has 0 aliphatic carbocycles. The summed E-state index contributed by atoms with van der Waals surface area (Å²) in [6.45, 7) is 10.9. The van der Waals surface area contributed by atoms with Crippen LogP contribution in [0.25, 0.3) is 0 Å². The van der Waals surface area contributed by atoms with E-state index in [4.69, 9.17) is 15.7 Å². The van der Waals surface area contributed by atoms with Crippen LogP contribution >= 0.6 is 0 Å². The SMILES string of the molecule is [B]C([B])(C(C)C)C(C)(CCC)CCCC. The molecule has 0 aromatic heterocycles. The number of hydrogen-bond acceptors (Lipinski definition) is 0. The molecule has 15 heavy (non-hydrogen) atoms. The summed E-state index contributed by atoms with van der Waals surface area (Å²) in [7, 11) is 12.7. The molecule has 0 aromatic carbocycles. The van der Waals surface area contributed by atoms with E-state index < -0.39 is 5.21 Å². The molecule has 0 nitrogen and oxygen atoms in total. The Kier molecular flexibility index (Phi) is 6.06. The molecule has 0 saturated heterocycles. The van der Waals surface area contributed by atoms with Gasteiger partial charge in [-0.2, -0.15) is 0 Å². The van der Waals surface area contributed by atoms with Crippen molar-refractivity contribution in [2.45, 2.75) is 71.9 Å². The Labute approximate surface area is 99.4 Å². The average Bonchev–Trinajstić information content (AvgIpc) is 2.14. The third-order valence-corrected chi connectivity index (χ3v) is 3.88. The van der Waals surface area contributed by atoms with Crippen LogP contribution < -0.4 is 0 Å². The fraction of sp³-hybridized carbons (Fsp3) is 1.00. The lowest BCUT2D eigenvalue weighted by atomic mass is 9.37. The van der Waals surface area contributed by atoms with Gasteiger partial charge in [-0.3, -0.25) is 0 Å². The van der Waals surface area contributed by atoms with Crippen LogP contribution in [0.4, 0.5) is 0 Å². The van der Waals surface area contributed by atoms with Crippen LogP contribution in [0.2, 0.25) is 5.21 Å². The highest BCUT2D eigenvalue weighted by atomic mass is 14.4. The quantitative estimate of drug-likeness (QED) is 0.547. The summed E-state index contributed by atoms with van der Waals surface area (Å²) < 4.78 is 0. The van der Waals surface area contributed by atoms with Crippen molar-refractivity contribution in [1.29, 1.82) is 0 Å². The van der Waals surface area contributed by atoms with Crippen molar-refractivity contribution in [2.24, 2.45) is 11.3 Å². The van der Waals surface area contributed by atoms with Crippen molar-refractivity contribution in [2.75, 3.05) is 0 Å². The summed E-state index contributed by atoms with van der Waals surface area (Å²) in [4.78, 5) is 0. The Bertz CT molecular complexity index is 175. The predicted octanol–water partition coefficient (Wildman–Crippen LogP) is 4.09. The molecule has 1 atom stereocenters. The third-order valence-electron chi connectivity index (χ3n) is 3.88. The molecule has 0 spiro atoms. The fourth-order valence-corrected chi connectivity index (χ4v) is 2.37. The first kappa shape index (κ1) is 15.1. The third kappa shape index (κ3) is 3.57. The van der Waals surface area contributed by atoms with Gasteiger partial charge in [0.2, 0.25) is 0 Å².